The Hall–Kier alpha value is -2.17. The highest BCUT2D eigenvalue weighted by atomic mass is 16.5. The Morgan fingerprint density at radius 3 is 2.53 bits per heavy atom. The zero-order valence-corrected chi connectivity index (χ0v) is 9.65. The first-order chi connectivity index (χ1) is 8.06. The number of nitrogens with one attached hydrogen (secondary N) is 1. The summed E-state index contributed by atoms with van der Waals surface area (Å²) >= 11 is 0. The molecule has 5 nitrogen and oxygen atoms in total. The maximum absolute atomic E-state index is 11.4. The van der Waals surface area contributed by atoms with Crippen LogP contribution in [0.3, 0.4) is 0 Å². The highest BCUT2D eigenvalue weighted by Crippen LogP contribution is 2.19. The molecule has 0 bridgehead atoms. The van der Waals surface area contributed by atoms with Crippen molar-refractivity contribution in [3.63, 3.8) is 0 Å². The van der Waals surface area contributed by atoms with Gasteiger partial charge < -0.3 is 9.47 Å². The SMILES string of the molecule is CCOC(=O)C(=N)c1ccccc1OC(C)=O. The van der Waals surface area contributed by atoms with Gasteiger partial charge in [0, 0.05) is 12.5 Å². The van der Waals surface area contributed by atoms with E-state index in [1.165, 1.54) is 19.1 Å². The fraction of sp³-hybridized carbons (Fsp3) is 0.250. The lowest BCUT2D eigenvalue weighted by atomic mass is 10.1. The van der Waals surface area contributed by atoms with E-state index in [0.29, 0.717) is 0 Å². The fourth-order valence-electron chi connectivity index (χ4n) is 1.23. The number of hydrogen-bond acceptors (Lipinski definition) is 5. The summed E-state index contributed by atoms with van der Waals surface area (Å²) in [6.45, 7) is 3.10. The second kappa shape index (κ2) is 5.79. The van der Waals surface area contributed by atoms with Crippen LogP contribution in [0.25, 0.3) is 0 Å². The standard InChI is InChI=1S/C12H13NO4/c1-3-16-12(15)11(13)9-6-4-5-7-10(9)17-8(2)14/h4-7,13H,3H2,1-2H3. The van der Waals surface area contributed by atoms with Crippen LogP contribution in [0.1, 0.15) is 19.4 Å². The first-order valence-corrected chi connectivity index (χ1v) is 5.09. The Labute approximate surface area is 98.9 Å². The maximum Gasteiger partial charge on any atom is 0.356 e. The van der Waals surface area contributed by atoms with E-state index in [9.17, 15) is 9.59 Å². The minimum absolute atomic E-state index is 0.179. The molecule has 0 saturated heterocycles. The summed E-state index contributed by atoms with van der Waals surface area (Å²) < 4.78 is 9.62. The van der Waals surface area contributed by atoms with E-state index in [-0.39, 0.29) is 23.6 Å². The third-order valence-corrected chi connectivity index (χ3v) is 1.89. The molecule has 1 aromatic carbocycles. The van der Waals surface area contributed by atoms with E-state index in [1.54, 1.807) is 19.1 Å². The summed E-state index contributed by atoms with van der Waals surface area (Å²) in [5.41, 5.74) is -0.0927. The van der Waals surface area contributed by atoms with Crippen molar-refractivity contribution in [3.05, 3.63) is 29.8 Å². The van der Waals surface area contributed by atoms with Crippen LogP contribution >= 0.6 is 0 Å². The van der Waals surface area contributed by atoms with Crippen molar-refractivity contribution < 1.29 is 19.1 Å². The Bertz CT molecular complexity index is 454. The van der Waals surface area contributed by atoms with Gasteiger partial charge in [-0.25, -0.2) is 4.79 Å². The first-order valence-electron chi connectivity index (χ1n) is 5.09. The van der Waals surface area contributed by atoms with E-state index in [1.807, 2.05) is 0 Å². The predicted octanol–water partition coefficient (Wildman–Crippen LogP) is 1.54. The average molecular weight is 235 g/mol. The molecule has 5 heteroatoms. The average Bonchev–Trinajstić information content (AvgIpc) is 2.28. The molecule has 1 aromatic rings. The quantitative estimate of drug-likeness (QED) is 0.488. The molecule has 0 saturated carbocycles. The number of para-hydroxylation sites is 1. The third-order valence-electron chi connectivity index (χ3n) is 1.89. The summed E-state index contributed by atoms with van der Waals surface area (Å²) in [4.78, 5) is 22.3. The molecule has 1 N–H and O–H groups in total. The maximum atomic E-state index is 11.4. The molecular weight excluding hydrogens is 222 g/mol. The normalized spacial score (nSPS) is 9.53. The zero-order chi connectivity index (χ0) is 12.8. The van der Waals surface area contributed by atoms with Crippen LogP contribution in [-0.2, 0) is 14.3 Å². The second-order valence-electron chi connectivity index (χ2n) is 3.19. The molecule has 0 aromatic heterocycles. The van der Waals surface area contributed by atoms with Crippen molar-refractivity contribution in [2.75, 3.05) is 6.61 Å². The molecule has 0 unspecified atom stereocenters. The van der Waals surface area contributed by atoms with E-state index in [2.05, 4.69) is 0 Å². The van der Waals surface area contributed by atoms with Gasteiger partial charge in [-0.15, -0.1) is 0 Å². The number of rotatable bonds is 4. The smallest absolute Gasteiger partial charge is 0.356 e. The van der Waals surface area contributed by atoms with Gasteiger partial charge in [0.15, 0.2) is 5.71 Å². The Balaban J connectivity index is 3.00. The lowest BCUT2D eigenvalue weighted by Gasteiger charge is -2.08. The molecular formula is C12H13NO4. The van der Waals surface area contributed by atoms with Gasteiger partial charge in [-0.05, 0) is 19.1 Å². The number of esters is 2. The molecule has 0 aliphatic carbocycles. The molecule has 17 heavy (non-hydrogen) atoms. The van der Waals surface area contributed by atoms with Crippen molar-refractivity contribution in [3.8, 4) is 5.75 Å². The van der Waals surface area contributed by atoms with Gasteiger partial charge in [0.05, 0.1) is 6.61 Å². The van der Waals surface area contributed by atoms with E-state index in [4.69, 9.17) is 14.9 Å². The van der Waals surface area contributed by atoms with Crippen LogP contribution in [0.2, 0.25) is 0 Å². The molecule has 0 fully saturated rings. The topological polar surface area (TPSA) is 76.5 Å². The highest BCUT2D eigenvalue weighted by molar-refractivity contribution is 6.42. The van der Waals surface area contributed by atoms with Crippen molar-refractivity contribution in [2.24, 2.45) is 0 Å². The van der Waals surface area contributed by atoms with Gasteiger partial charge >= 0.3 is 11.9 Å². The van der Waals surface area contributed by atoms with Crippen LogP contribution in [0.5, 0.6) is 5.75 Å². The van der Waals surface area contributed by atoms with E-state index < -0.39 is 11.9 Å². The molecule has 0 aliphatic heterocycles. The van der Waals surface area contributed by atoms with Crippen molar-refractivity contribution in [1.82, 2.24) is 0 Å². The van der Waals surface area contributed by atoms with Crippen LogP contribution in [0.4, 0.5) is 0 Å². The van der Waals surface area contributed by atoms with Gasteiger partial charge in [0.1, 0.15) is 5.75 Å². The minimum Gasteiger partial charge on any atom is -0.461 e. The summed E-state index contributed by atoms with van der Waals surface area (Å²) in [5, 5.41) is 7.66. The molecule has 0 radical (unpaired) electrons. The van der Waals surface area contributed by atoms with Gasteiger partial charge in [0.2, 0.25) is 0 Å². The Kier molecular flexibility index (Phi) is 4.39. The monoisotopic (exact) mass is 235 g/mol. The van der Waals surface area contributed by atoms with Crippen LogP contribution < -0.4 is 4.74 Å². The number of benzene rings is 1. The second-order valence-corrected chi connectivity index (χ2v) is 3.19. The van der Waals surface area contributed by atoms with E-state index in [0.717, 1.165) is 0 Å². The summed E-state index contributed by atoms with van der Waals surface area (Å²) in [6, 6.07) is 6.35. The van der Waals surface area contributed by atoms with E-state index >= 15 is 0 Å². The molecule has 90 valence electrons. The first kappa shape index (κ1) is 12.9. The van der Waals surface area contributed by atoms with Crippen molar-refractivity contribution in [2.45, 2.75) is 13.8 Å². The van der Waals surface area contributed by atoms with Crippen LogP contribution in [0.15, 0.2) is 24.3 Å². The van der Waals surface area contributed by atoms with Gasteiger partial charge in [-0.2, -0.15) is 0 Å². The zero-order valence-electron chi connectivity index (χ0n) is 9.65. The summed E-state index contributed by atoms with van der Waals surface area (Å²) in [6.07, 6.45) is 0. The van der Waals surface area contributed by atoms with Crippen LogP contribution in [-0.4, -0.2) is 24.3 Å². The molecule has 1 rings (SSSR count). The van der Waals surface area contributed by atoms with Crippen molar-refractivity contribution >= 4 is 17.7 Å². The lowest BCUT2D eigenvalue weighted by molar-refractivity contribution is -0.135. The molecule has 0 aliphatic rings. The van der Waals surface area contributed by atoms with Gasteiger partial charge in [-0.3, -0.25) is 10.2 Å². The molecule has 0 atom stereocenters. The van der Waals surface area contributed by atoms with Gasteiger partial charge in [0.25, 0.3) is 0 Å². The largest absolute Gasteiger partial charge is 0.461 e. The molecule has 0 spiro atoms. The predicted molar refractivity (Wildman–Crippen MR) is 61.2 cm³/mol. The Morgan fingerprint density at radius 1 is 1.29 bits per heavy atom. The van der Waals surface area contributed by atoms with Crippen LogP contribution in [0, 0.1) is 5.41 Å². The third kappa shape index (κ3) is 3.41. The summed E-state index contributed by atoms with van der Waals surface area (Å²) in [5.74, 6) is -1.07. The number of hydrogen-bond donors (Lipinski definition) is 1. The number of carbonyl (C=O) groups is 2. The molecule has 0 amide bonds. The fourth-order valence-corrected chi connectivity index (χ4v) is 1.23. The Morgan fingerprint density at radius 2 is 1.94 bits per heavy atom. The minimum atomic E-state index is -0.743. The number of carbonyl (C=O) groups excluding carboxylic acids is 2. The lowest BCUT2D eigenvalue weighted by Crippen LogP contribution is -2.19. The molecule has 0 heterocycles. The highest BCUT2D eigenvalue weighted by Gasteiger charge is 2.17. The summed E-state index contributed by atoms with van der Waals surface area (Å²) in [7, 11) is 0. The van der Waals surface area contributed by atoms with Gasteiger partial charge in [-0.1, -0.05) is 12.1 Å². The number of ether oxygens (including phenoxy) is 2. The van der Waals surface area contributed by atoms with Crippen molar-refractivity contribution in [1.29, 1.82) is 5.41 Å².